The maximum Gasteiger partial charge on any atom is 0.173 e. The van der Waals surface area contributed by atoms with E-state index in [1.807, 2.05) is 25.1 Å². The predicted octanol–water partition coefficient (Wildman–Crippen LogP) is 4.01. The molecule has 5 heteroatoms. The van der Waals surface area contributed by atoms with E-state index in [9.17, 15) is 0 Å². The van der Waals surface area contributed by atoms with E-state index in [2.05, 4.69) is 37.0 Å². The van der Waals surface area contributed by atoms with E-state index >= 15 is 0 Å². The largest absolute Gasteiger partial charge is 0.381 e. The van der Waals surface area contributed by atoms with Crippen molar-refractivity contribution in [2.75, 3.05) is 5.73 Å². The van der Waals surface area contributed by atoms with Crippen molar-refractivity contribution in [3.8, 4) is 11.3 Å². The number of rotatable bonds is 2. The van der Waals surface area contributed by atoms with Crippen LogP contribution in [0.2, 0.25) is 0 Å². The molecule has 0 bridgehead atoms. The summed E-state index contributed by atoms with van der Waals surface area (Å²) in [5, 5.41) is 3.80. The molecule has 1 aromatic carbocycles. The van der Waals surface area contributed by atoms with Crippen LogP contribution in [0.4, 0.5) is 5.82 Å². The Kier molecular flexibility index (Phi) is 3.35. The minimum Gasteiger partial charge on any atom is -0.381 e. The first kappa shape index (κ1) is 11.7. The molecule has 1 aromatic heterocycles. The van der Waals surface area contributed by atoms with Crippen molar-refractivity contribution in [3.63, 3.8) is 0 Å². The minimum absolute atomic E-state index is 0.462. The van der Waals surface area contributed by atoms with Crippen LogP contribution < -0.4 is 5.73 Å². The quantitative estimate of drug-likeness (QED) is 0.894. The van der Waals surface area contributed by atoms with E-state index in [-0.39, 0.29) is 0 Å². The van der Waals surface area contributed by atoms with Gasteiger partial charge in [0.05, 0.1) is 0 Å². The van der Waals surface area contributed by atoms with Crippen molar-refractivity contribution < 1.29 is 4.52 Å². The normalized spacial score (nSPS) is 10.7. The average molecular weight is 346 g/mol. The van der Waals surface area contributed by atoms with Crippen LogP contribution in [-0.4, -0.2) is 5.16 Å². The maximum atomic E-state index is 5.75. The molecule has 2 aromatic rings. The van der Waals surface area contributed by atoms with Gasteiger partial charge in [-0.15, -0.1) is 0 Å². The standard InChI is InChI=1S/C11H10Br2N2O/c1-2-7-10(16-15-11(7)14)8-5-6(12)3-4-9(8)13/h3-5H,2H2,1H3,(H2,14,15). The van der Waals surface area contributed by atoms with Gasteiger partial charge in [0.2, 0.25) is 0 Å². The smallest absolute Gasteiger partial charge is 0.173 e. The second kappa shape index (κ2) is 4.59. The van der Waals surface area contributed by atoms with Gasteiger partial charge in [0.15, 0.2) is 11.6 Å². The van der Waals surface area contributed by atoms with Crippen LogP contribution in [-0.2, 0) is 6.42 Å². The number of nitrogen functional groups attached to an aromatic ring is 1. The molecule has 2 rings (SSSR count). The van der Waals surface area contributed by atoms with E-state index in [1.165, 1.54) is 0 Å². The Morgan fingerprint density at radius 2 is 2.12 bits per heavy atom. The molecule has 0 aliphatic rings. The van der Waals surface area contributed by atoms with Gasteiger partial charge in [-0.25, -0.2) is 0 Å². The number of hydrogen-bond donors (Lipinski definition) is 1. The zero-order chi connectivity index (χ0) is 11.7. The third kappa shape index (κ3) is 2.01. The summed E-state index contributed by atoms with van der Waals surface area (Å²) >= 11 is 6.92. The van der Waals surface area contributed by atoms with Gasteiger partial charge < -0.3 is 10.3 Å². The Labute approximate surface area is 110 Å². The Morgan fingerprint density at radius 1 is 1.38 bits per heavy atom. The number of benzene rings is 1. The average Bonchev–Trinajstić information content (AvgIpc) is 2.63. The molecule has 0 spiro atoms. The number of nitrogens with zero attached hydrogens (tertiary/aromatic N) is 1. The highest BCUT2D eigenvalue weighted by atomic mass is 79.9. The highest BCUT2D eigenvalue weighted by molar-refractivity contribution is 9.11. The van der Waals surface area contributed by atoms with E-state index in [0.717, 1.165) is 32.3 Å². The molecule has 16 heavy (non-hydrogen) atoms. The highest BCUT2D eigenvalue weighted by Gasteiger charge is 2.16. The summed E-state index contributed by atoms with van der Waals surface area (Å²) in [5.41, 5.74) is 7.64. The molecule has 0 amide bonds. The topological polar surface area (TPSA) is 52.0 Å². The number of aromatic nitrogens is 1. The molecular weight excluding hydrogens is 336 g/mol. The Balaban J connectivity index is 2.62. The van der Waals surface area contributed by atoms with Gasteiger partial charge in [0.1, 0.15) is 0 Å². The van der Waals surface area contributed by atoms with Crippen LogP contribution >= 0.6 is 31.9 Å². The molecule has 3 nitrogen and oxygen atoms in total. The number of halogens is 2. The van der Waals surface area contributed by atoms with E-state index < -0.39 is 0 Å². The molecule has 0 unspecified atom stereocenters. The zero-order valence-electron chi connectivity index (χ0n) is 8.63. The Hall–Kier alpha value is -0.810. The molecule has 0 fully saturated rings. The van der Waals surface area contributed by atoms with Crippen molar-refractivity contribution in [3.05, 3.63) is 32.7 Å². The summed E-state index contributed by atoms with van der Waals surface area (Å²) in [4.78, 5) is 0. The van der Waals surface area contributed by atoms with Gasteiger partial charge in [-0.05, 0) is 24.6 Å². The third-order valence-electron chi connectivity index (χ3n) is 2.35. The zero-order valence-corrected chi connectivity index (χ0v) is 11.8. The highest BCUT2D eigenvalue weighted by Crippen LogP contribution is 2.35. The van der Waals surface area contributed by atoms with Crippen molar-refractivity contribution >= 4 is 37.7 Å². The lowest BCUT2D eigenvalue weighted by Gasteiger charge is -2.03. The number of hydrogen-bond acceptors (Lipinski definition) is 3. The fraction of sp³-hybridized carbons (Fsp3) is 0.182. The molecule has 1 heterocycles. The second-order valence-electron chi connectivity index (χ2n) is 3.35. The first-order valence-corrected chi connectivity index (χ1v) is 6.41. The maximum absolute atomic E-state index is 5.75. The number of nitrogens with two attached hydrogens (primary N) is 1. The van der Waals surface area contributed by atoms with Crippen LogP contribution in [0.3, 0.4) is 0 Å². The van der Waals surface area contributed by atoms with Crippen LogP contribution in [0.5, 0.6) is 0 Å². The summed E-state index contributed by atoms with van der Waals surface area (Å²) in [6.07, 6.45) is 0.795. The van der Waals surface area contributed by atoms with E-state index in [0.29, 0.717) is 5.82 Å². The van der Waals surface area contributed by atoms with Crippen LogP contribution in [0.1, 0.15) is 12.5 Å². The summed E-state index contributed by atoms with van der Waals surface area (Å²) in [6.45, 7) is 2.03. The Morgan fingerprint density at radius 3 is 2.81 bits per heavy atom. The molecule has 84 valence electrons. The van der Waals surface area contributed by atoms with Crippen molar-refractivity contribution in [1.82, 2.24) is 5.16 Å². The SMILES string of the molecule is CCc1c(N)noc1-c1cc(Br)ccc1Br. The fourth-order valence-electron chi connectivity index (χ4n) is 1.55. The van der Waals surface area contributed by atoms with Crippen molar-refractivity contribution in [1.29, 1.82) is 0 Å². The molecule has 2 N–H and O–H groups in total. The van der Waals surface area contributed by atoms with Gasteiger partial charge in [-0.3, -0.25) is 0 Å². The van der Waals surface area contributed by atoms with E-state index in [1.54, 1.807) is 0 Å². The summed E-state index contributed by atoms with van der Waals surface area (Å²) in [7, 11) is 0. The van der Waals surface area contributed by atoms with Gasteiger partial charge in [0, 0.05) is 20.1 Å². The van der Waals surface area contributed by atoms with Crippen molar-refractivity contribution in [2.45, 2.75) is 13.3 Å². The molecule has 0 aliphatic heterocycles. The first-order chi connectivity index (χ1) is 7.63. The third-order valence-corrected chi connectivity index (χ3v) is 3.53. The molecule has 0 saturated carbocycles. The second-order valence-corrected chi connectivity index (χ2v) is 5.12. The predicted molar refractivity (Wildman–Crippen MR) is 71.1 cm³/mol. The summed E-state index contributed by atoms with van der Waals surface area (Å²) in [6, 6.07) is 5.89. The summed E-state index contributed by atoms with van der Waals surface area (Å²) < 4.78 is 7.23. The lowest BCUT2D eigenvalue weighted by molar-refractivity contribution is 0.435. The minimum atomic E-state index is 0.462. The van der Waals surface area contributed by atoms with Gasteiger partial charge in [0.25, 0.3) is 0 Å². The van der Waals surface area contributed by atoms with Crippen molar-refractivity contribution in [2.24, 2.45) is 0 Å². The van der Waals surface area contributed by atoms with Crippen LogP contribution in [0, 0.1) is 0 Å². The van der Waals surface area contributed by atoms with E-state index in [4.69, 9.17) is 10.3 Å². The molecule has 0 aliphatic carbocycles. The monoisotopic (exact) mass is 344 g/mol. The molecule has 0 saturated heterocycles. The molecule has 0 radical (unpaired) electrons. The number of anilines is 1. The molecule has 0 atom stereocenters. The first-order valence-electron chi connectivity index (χ1n) is 4.83. The lowest BCUT2D eigenvalue weighted by Crippen LogP contribution is -1.91. The fourth-order valence-corrected chi connectivity index (χ4v) is 2.33. The van der Waals surface area contributed by atoms with Gasteiger partial charge in [-0.2, -0.15) is 0 Å². The Bertz CT molecular complexity index is 523. The lowest BCUT2D eigenvalue weighted by atomic mass is 10.1. The van der Waals surface area contributed by atoms with Crippen LogP contribution in [0.15, 0.2) is 31.7 Å². The van der Waals surface area contributed by atoms with Gasteiger partial charge >= 0.3 is 0 Å². The van der Waals surface area contributed by atoms with Gasteiger partial charge in [-0.1, -0.05) is 43.9 Å². The summed E-state index contributed by atoms with van der Waals surface area (Å²) in [5.74, 6) is 1.19. The molecular formula is C11H10Br2N2O. The van der Waals surface area contributed by atoms with Crippen LogP contribution in [0.25, 0.3) is 11.3 Å².